The van der Waals surface area contributed by atoms with E-state index in [0.717, 1.165) is 50.4 Å². The fourth-order valence-corrected chi connectivity index (χ4v) is 5.67. The van der Waals surface area contributed by atoms with Crippen LogP contribution in [-0.2, 0) is 16.6 Å². The van der Waals surface area contributed by atoms with Crippen LogP contribution in [-0.4, -0.2) is 69.4 Å². The molecule has 2 aliphatic heterocycles. The van der Waals surface area contributed by atoms with Gasteiger partial charge in [0.1, 0.15) is 0 Å². The average molecular weight is 564 g/mol. The molecule has 0 aliphatic carbocycles. The maximum atomic E-state index is 12.9. The van der Waals surface area contributed by atoms with E-state index in [1.54, 1.807) is 16.4 Å². The van der Waals surface area contributed by atoms with Gasteiger partial charge in [0.05, 0.1) is 11.4 Å². The lowest BCUT2D eigenvalue weighted by Gasteiger charge is -2.26. The number of rotatable bonds is 8. The first-order valence-corrected chi connectivity index (χ1v) is 12.9. The lowest BCUT2D eigenvalue weighted by molar-refractivity contribution is 0.232. The van der Waals surface area contributed by atoms with E-state index in [4.69, 9.17) is 0 Å². The van der Waals surface area contributed by atoms with Gasteiger partial charge in [-0.25, -0.2) is 13.4 Å². The molecule has 0 amide bonds. The molecule has 3 rings (SSSR count). The third-order valence-corrected chi connectivity index (χ3v) is 7.68. The molecule has 0 atom stereocenters. The minimum atomic E-state index is -3.41. The van der Waals surface area contributed by atoms with Crippen molar-refractivity contribution in [3.05, 3.63) is 29.8 Å². The molecular formula is C22H38IN5O2S. The molecule has 1 aromatic rings. The molecule has 0 saturated carbocycles. The largest absolute Gasteiger partial charge is 0.357 e. The first-order valence-electron chi connectivity index (χ1n) is 11.4. The molecule has 2 saturated heterocycles. The Labute approximate surface area is 205 Å². The van der Waals surface area contributed by atoms with E-state index in [9.17, 15) is 8.42 Å². The molecule has 1 aromatic carbocycles. The summed E-state index contributed by atoms with van der Waals surface area (Å²) in [5.41, 5.74) is 0.904. The summed E-state index contributed by atoms with van der Waals surface area (Å²) in [5, 5.41) is 6.69. The van der Waals surface area contributed by atoms with Crippen molar-refractivity contribution in [2.24, 2.45) is 4.99 Å². The van der Waals surface area contributed by atoms with Gasteiger partial charge in [0.15, 0.2) is 5.96 Å². The van der Waals surface area contributed by atoms with Crippen molar-refractivity contribution in [1.29, 1.82) is 0 Å². The van der Waals surface area contributed by atoms with Crippen molar-refractivity contribution >= 4 is 40.0 Å². The molecule has 2 N–H and O–H groups in total. The maximum Gasteiger partial charge on any atom is 0.243 e. The van der Waals surface area contributed by atoms with Gasteiger partial charge in [-0.05, 0) is 63.4 Å². The summed E-state index contributed by atoms with van der Waals surface area (Å²) in [6.45, 7) is 8.78. The zero-order valence-corrected chi connectivity index (χ0v) is 21.8. The molecule has 9 heteroatoms. The summed E-state index contributed by atoms with van der Waals surface area (Å²) in [6, 6.07) is 7.22. The van der Waals surface area contributed by atoms with Crippen LogP contribution >= 0.6 is 24.0 Å². The zero-order valence-electron chi connectivity index (χ0n) is 18.7. The van der Waals surface area contributed by atoms with Crippen LogP contribution in [0, 0.1) is 0 Å². The molecule has 0 aromatic heterocycles. The first-order chi connectivity index (χ1) is 14.6. The number of aliphatic imine (C=N–C) groups is 1. The highest BCUT2D eigenvalue weighted by molar-refractivity contribution is 14.0. The Kier molecular flexibility index (Phi) is 11.6. The molecule has 0 spiro atoms. The SMILES string of the molecule is CCNC(=NCc1cccc(S(=O)(=O)N2CCCCC2)c1)NCCN1CCCCC1.I. The van der Waals surface area contributed by atoms with Crippen LogP contribution in [0.15, 0.2) is 34.2 Å². The van der Waals surface area contributed by atoms with E-state index in [1.165, 1.54) is 32.4 Å². The maximum absolute atomic E-state index is 12.9. The second-order valence-corrected chi connectivity index (χ2v) is 10.1. The number of halogens is 1. The normalized spacial score (nSPS) is 18.9. The monoisotopic (exact) mass is 563 g/mol. The summed E-state index contributed by atoms with van der Waals surface area (Å²) >= 11 is 0. The molecule has 31 heavy (non-hydrogen) atoms. The highest BCUT2D eigenvalue weighted by atomic mass is 127. The summed E-state index contributed by atoms with van der Waals surface area (Å²) in [7, 11) is -3.41. The van der Waals surface area contributed by atoms with Gasteiger partial charge < -0.3 is 15.5 Å². The van der Waals surface area contributed by atoms with Crippen LogP contribution < -0.4 is 10.6 Å². The lowest BCUT2D eigenvalue weighted by Crippen LogP contribution is -2.42. The van der Waals surface area contributed by atoms with Crippen LogP contribution in [0.5, 0.6) is 0 Å². The molecule has 176 valence electrons. The fraction of sp³-hybridized carbons (Fsp3) is 0.682. The summed E-state index contributed by atoms with van der Waals surface area (Å²) < 4.78 is 27.5. The highest BCUT2D eigenvalue weighted by Gasteiger charge is 2.25. The van der Waals surface area contributed by atoms with Gasteiger partial charge in [-0.3, -0.25) is 0 Å². The number of hydrogen-bond acceptors (Lipinski definition) is 4. The van der Waals surface area contributed by atoms with Gasteiger partial charge in [-0.2, -0.15) is 4.31 Å². The Balaban J connectivity index is 0.00000341. The predicted octanol–water partition coefficient (Wildman–Crippen LogP) is 3.02. The van der Waals surface area contributed by atoms with Crippen molar-refractivity contribution in [1.82, 2.24) is 19.8 Å². The lowest BCUT2D eigenvalue weighted by atomic mass is 10.1. The van der Waals surface area contributed by atoms with Crippen molar-refractivity contribution < 1.29 is 8.42 Å². The van der Waals surface area contributed by atoms with Crippen LogP contribution in [0.4, 0.5) is 0 Å². The number of guanidine groups is 1. The third kappa shape index (κ3) is 8.18. The van der Waals surface area contributed by atoms with E-state index in [-0.39, 0.29) is 24.0 Å². The Morgan fingerprint density at radius 2 is 1.68 bits per heavy atom. The molecular weight excluding hydrogens is 525 g/mol. The summed E-state index contributed by atoms with van der Waals surface area (Å²) in [5.74, 6) is 0.777. The van der Waals surface area contributed by atoms with Crippen molar-refractivity contribution in [2.45, 2.75) is 56.9 Å². The van der Waals surface area contributed by atoms with Gasteiger partial charge in [0.2, 0.25) is 10.0 Å². The molecule has 0 unspecified atom stereocenters. The Morgan fingerprint density at radius 3 is 2.35 bits per heavy atom. The van der Waals surface area contributed by atoms with Crippen LogP contribution in [0.25, 0.3) is 0 Å². The minimum Gasteiger partial charge on any atom is -0.357 e. The van der Waals surface area contributed by atoms with E-state index in [0.29, 0.717) is 24.5 Å². The Bertz CT molecular complexity index is 791. The van der Waals surface area contributed by atoms with Gasteiger partial charge in [0.25, 0.3) is 0 Å². The number of benzene rings is 1. The first kappa shape index (κ1) is 26.3. The third-order valence-electron chi connectivity index (χ3n) is 5.78. The quantitative estimate of drug-likeness (QED) is 0.289. The standard InChI is InChI=1S/C22H37N5O2S.HI/c1-2-23-22(24-12-17-26-13-5-3-6-14-26)25-19-20-10-9-11-21(18-20)30(28,29)27-15-7-4-8-16-27;/h9-11,18H,2-8,12-17,19H2,1H3,(H2,23,24,25);1H. The molecule has 7 nitrogen and oxygen atoms in total. The second-order valence-electron chi connectivity index (χ2n) is 8.14. The number of likely N-dealkylation sites (tertiary alicyclic amines) is 1. The van der Waals surface area contributed by atoms with Gasteiger partial charge >= 0.3 is 0 Å². The van der Waals surface area contributed by atoms with Gasteiger partial charge in [0, 0.05) is 32.7 Å². The molecule has 0 radical (unpaired) electrons. The van der Waals surface area contributed by atoms with Crippen molar-refractivity contribution in [2.75, 3.05) is 45.8 Å². The number of hydrogen-bond donors (Lipinski definition) is 2. The Morgan fingerprint density at radius 1 is 1.00 bits per heavy atom. The van der Waals surface area contributed by atoms with E-state index in [1.807, 2.05) is 19.1 Å². The van der Waals surface area contributed by atoms with Gasteiger partial charge in [-0.1, -0.05) is 25.0 Å². The Hall–Kier alpha value is -0.910. The molecule has 2 fully saturated rings. The topological polar surface area (TPSA) is 77.0 Å². The van der Waals surface area contributed by atoms with E-state index in [2.05, 4.69) is 20.5 Å². The predicted molar refractivity (Wildman–Crippen MR) is 138 cm³/mol. The smallest absolute Gasteiger partial charge is 0.243 e. The van der Waals surface area contributed by atoms with Crippen LogP contribution in [0.3, 0.4) is 0 Å². The van der Waals surface area contributed by atoms with E-state index < -0.39 is 10.0 Å². The number of sulfonamides is 1. The summed E-state index contributed by atoms with van der Waals surface area (Å²) in [6.07, 6.45) is 6.94. The minimum absolute atomic E-state index is 0. The van der Waals surface area contributed by atoms with Crippen molar-refractivity contribution in [3.63, 3.8) is 0 Å². The van der Waals surface area contributed by atoms with Crippen LogP contribution in [0.1, 0.15) is 51.0 Å². The zero-order chi connectivity index (χ0) is 21.2. The molecule has 2 heterocycles. The second kappa shape index (κ2) is 13.6. The number of nitrogens with zero attached hydrogens (tertiary/aromatic N) is 3. The fourth-order valence-electron chi connectivity index (χ4n) is 4.09. The molecule has 2 aliphatic rings. The number of nitrogens with one attached hydrogen (secondary N) is 2. The van der Waals surface area contributed by atoms with Gasteiger partial charge in [-0.15, -0.1) is 24.0 Å². The molecule has 0 bridgehead atoms. The summed E-state index contributed by atoms with van der Waals surface area (Å²) in [4.78, 5) is 7.54. The van der Waals surface area contributed by atoms with Crippen molar-refractivity contribution in [3.8, 4) is 0 Å². The average Bonchev–Trinajstić information content (AvgIpc) is 2.79. The number of piperidine rings is 2. The highest BCUT2D eigenvalue weighted by Crippen LogP contribution is 2.21. The van der Waals surface area contributed by atoms with E-state index >= 15 is 0 Å². The van der Waals surface area contributed by atoms with Crippen LogP contribution in [0.2, 0.25) is 0 Å².